The fourth-order valence-corrected chi connectivity index (χ4v) is 3.07. The van der Waals surface area contributed by atoms with Gasteiger partial charge in [0.2, 0.25) is 5.88 Å². The van der Waals surface area contributed by atoms with Crippen molar-refractivity contribution in [2.24, 2.45) is 0 Å². The summed E-state index contributed by atoms with van der Waals surface area (Å²) in [6.45, 7) is 5.89. The lowest BCUT2D eigenvalue weighted by Gasteiger charge is -2.37. The Hall–Kier alpha value is -0.840. The summed E-state index contributed by atoms with van der Waals surface area (Å²) in [6.07, 6.45) is 6.53. The van der Waals surface area contributed by atoms with Gasteiger partial charge in [0.15, 0.2) is 0 Å². The quantitative estimate of drug-likeness (QED) is 0.777. The average Bonchev–Trinajstić information content (AvgIpc) is 2.39. The van der Waals surface area contributed by atoms with Gasteiger partial charge >= 0.3 is 0 Å². The third-order valence-corrected chi connectivity index (χ3v) is 3.81. The lowest BCUT2D eigenvalue weighted by Crippen LogP contribution is -2.41. The van der Waals surface area contributed by atoms with Crippen molar-refractivity contribution in [3.63, 3.8) is 0 Å². The number of rotatable bonds is 5. The Bertz CT molecular complexity index is 400. The Labute approximate surface area is 123 Å². The molecule has 2 rings (SSSR count). The number of halogens is 1. The van der Waals surface area contributed by atoms with E-state index in [4.69, 9.17) is 4.74 Å². The molecule has 0 amide bonds. The van der Waals surface area contributed by atoms with Gasteiger partial charge in [-0.25, -0.2) is 9.97 Å². The number of alkyl halides is 1. The van der Waals surface area contributed by atoms with Crippen LogP contribution >= 0.6 is 15.9 Å². The van der Waals surface area contributed by atoms with Gasteiger partial charge in [-0.15, -0.1) is 0 Å². The summed E-state index contributed by atoms with van der Waals surface area (Å²) in [5.41, 5.74) is 0. The number of ether oxygens (including phenoxy) is 1. The summed E-state index contributed by atoms with van der Waals surface area (Å²) >= 11 is 3.67. The molecule has 1 aromatic rings. The van der Waals surface area contributed by atoms with E-state index in [9.17, 15) is 0 Å². The van der Waals surface area contributed by atoms with E-state index in [-0.39, 0.29) is 0 Å². The second-order valence-electron chi connectivity index (χ2n) is 5.01. The van der Waals surface area contributed by atoms with Gasteiger partial charge in [-0.2, -0.15) is 0 Å². The molecule has 2 unspecified atom stereocenters. The van der Waals surface area contributed by atoms with Crippen molar-refractivity contribution in [3.8, 4) is 5.88 Å². The first-order valence-corrected chi connectivity index (χ1v) is 7.97. The summed E-state index contributed by atoms with van der Waals surface area (Å²) in [7, 11) is 0. The van der Waals surface area contributed by atoms with Crippen LogP contribution in [0.15, 0.2) is 12.4 Å². The number of nitrogens with zero attached hydrogens (tertiary/aromatic N) is 3. The maximum absolute atomic E-state index is 5.47. The number of hydrogen-bond acceptors (Lipinski definition) is 4. The van der Waals surface area contributed by atoms with Crippen molar-refractivity contribution >= 4 is 21.7 Å². The average molecular weight is 328 g/mol. The molecule has 2 heterocycles. The van der Waals surface area contributed by atoms with Crippen LogP contribution in [0.1, 0.15) is 39.5 Å². The number of anilines is 1. The van der Waals surface area contributed by atoms with E-state index in [1.807, 2.05) is 13.0 Å². The standard InChI is InChI=1S/C14H22BrN3O/c1-3-19-14-9-13(16-10-17-14)18-7-5-4-6-12(18)8-11(2)15/h9-12H,3-8H2,1-2H3. The molecule has 1 aliphatic heterocycles. The van der Waals surface area contributed by atoms with E-state index >= 15 is 0 Å². The van der Waals surface area contributed by atoms with Gasteiger partial charge < -0.3 is 9.64 Å². The topological polar surface area (TPSA) is 38.2 Å². The first-order valence-electron chi connectivity index (χ1n) is 7.06. The van der Waals surface area contributed by atoms with Crippen molar-refractivity contribution in [2.45, 2.75) is 50.4 Å². The molecule has 0 saturated carbocycles. The van der Waals surface area contributed by atoms with Crippen molar-refractivity contribution in [3.05, 3.63) is 12.4 Å². The van der Waals surface area contributed by atoms with Crippen LogP contribution in [0.4, 0.5) is 5.82 Å². The molecule has 1 aromatic heterocycles. The Balaban J connectivity index is 2.14. The molecule has 4 nitrogen and oxygen atoms in total. The van der Waals surface area contributed by atoms with E-state index in [2.05, 4.69) is 37.7 Å². The summed E-state index contributed by atoms with van der Waals surface area (Å²) in [4.78, 5) is 11.5. The van der Waals surface area contributed by atoms with Crippen LogP contribution in [0.3, 0.4) is 0 Å². The number of hydrogen-bond donors (Lipinski definition) is 0. The molecule has 1 aliphatic rings. The summed E-state index contributed by atoms with van der Waals surface area (Å²) in [5.74, 6) is 1.67. The van der Waals surface area contributed by atoms with Gasteiger partial charge in [0.05, 0.1) is 6.61 Å². The first-order chi connectivity index (χ1) is 9.20. The fraction of sp³-hybridized carbons (Fsp3) is 0.714. The SMILES string of the molecule is CCOc1cc(N2CCCCC2CC(C)Br)ncn1. The molecule has 0 bridgehead atoms. The fourth-order valence-electron chi connectivity index (χ4n) is 2.64. The predicted molar refractivity (Wildman–Crippen MR) is 81.2 cm³/mol. The van der Waals surface area contributed by atoms with Crippen LogP contribution in [-0.4, -0.2) is 34.0 Å². The zero-order valence-electron chi connectivity index (χ0n) is 11.7. The highest BCUT2D eigenvalue weighted by molar-refractivity contribution is 9.09. The van der Waals surface area contributed by atoms with Crippen LogP contribution in [0.5, 0.6) is 5.88 Å². The summed E-state index contributed by atoms with van der Waals surface area (Å²) < 4.78 is 5.47. The van der Waals surface area contributed by atoms with Crippen molar-refractivity contribution in [1.82, 2.24) is 9.97 Å². The van der Waals surface area contributed by atoms with Crippen molar-refractivity contribution < 1.29 is 4.74 Å². The molecule has 1 saturated heterocycles. The Morgan fingerprint density at radius 1 is 1.47 bits per heavy atom. The highest BCUT2D eigenvalue weighted by Gasteiger charge is 2.25. The van der Waals surface area contributed by atoms with Gasteiger partial charge in [-0.3, -0.25) is 0 Å². The van der Waals surface area contributed by atoms with Crippen LogP contribution in [0, 0.1) is 0 Å². The molecular formula is C14H22BrN3O. The van der Waals surface area contributed by atoms with Crippen LogP contribution in [0.25, 0.3) is 0 Å². The second kappa shape index (κ2) is 7.08. The zero-order chi connectivity index (χ0) is 13.7. The summed E-state index contributed by atoms with van der Waals surface area (Å²) in [6, 6.07) is 2.52. The maximum atomic E-state index is 5.47. The minimum Gasteiger partial charge on any atom is -0.478 e. The number of piperidine rings is 1. The molecule has 1 fully saturated rings. The highest BCUT2D eigenvalue weighted by Crippen LogP contribution is 2.28. The normalized spacial score (nSPS) is 21.2. The Morgan fingerprint density at radius 3 is 3.05 bits per heavy atom. The number of aromatic nitrogens is 2. The van der Waals surface area contributed by atoms with E-state index in [0.717, 1.165) is 18.8 Å². The third-order valence-electron chi connectivity index (χ3n) is 3.44. The minimum absolute atomic E-state index is 0.534. The smallest absolute Gasteiger partial charge is 0.218 e. The molecular weight excluding hydrogens is 306 g/mol. The molecule has 5 heteroatoms. The monoisotopic (exact) mass is 327 g/mol. The maximum Gasteiger partial charge on any atom is 0.218 e. The van der Waals surface area contributed by atoms with Crippen LogP contribution in [-0.2, 0) is 0 Å². The molecule has 0 spiro atoms. The molecule has 19 heavy (non-hydrogen) atoms. The molecule has 0 radical (unpaired) electrons. The molecule has 106 valence electrons. The van der Waals surface area contributed by atoms with Gasteiger partial charge in [-0.05, 0) is 32.6 Å². The van der Waals surface area contributed by atoms with Crippen LogP contribution < -0.4 is 9.64 Å². The zero-order valence-corrected chi connectivity index (χ0v) is 13.3. The molecule has 0 N–H and O–H groups in total. The van der Waals surface area contributed by atoms with Crippen molar-refractivity contribution in [1.29, 1.82) is 0 Å². The van der Waals surface area contributed by atoms with Gasteiger partial charge in [0.25, 0.3) is 0 Å². The van der Waals surface area contributed by atoms with Gasteiger partial charge in [-0.1, -0.05) is 22.9 Å². The molecule has 0 aromatic carbocycles. The third kappa shape index (κ3) is 4.06. The van der Waals surface area contributed by atoms with Gasteiger partial charge in [0, 0.05) is 23.5 Å². The highest BCUT2D eigenvalue weighted by atomic mass is 79.9. The summed E-state index contributed by atoms with van der Waals surface area (Å²) in [5, 5.41) is 0. The lowest BCUT2D eigenvalue weighted by atomic mass is 9.98. The van der Waals surface area contributed by atoms with Crippen LogP contribution in [0.2, 0.25) is 0 Å². The van der Waals surface area contributed by atoms with E-state index in [1.54, 1.807) is 6.33 Å². The van der Waals surface area contributed by atoms with E-state index in [1.165, 1.54) is 19.3 Å². The largest absolute Gasteiger partial charge is 0.478 e. The van der Waals surface area contributed by atoms with E-state index < -0.39 is 0 Å². The van der Waals surface area contributed by atoms with Gasteiger partial charge in [0.1, 0.15) is 12.1 Å². The minimum atomic E-state index is 0.534. The molecule has 0 aliphatic carbocycles. The van der Waals surface area contributed by atoms with E-state index in [0.29, 0.717) is 23.4 Å². The predicted octanol–water partition coefficient (Wildman–Crippen LogP) is 3.41. The molecule has 2 atom stereocenters. The Kier molecular flexibility index (Phi) is 5.43. The Morgan fingerprint density at radius 2 is 2.32 bits per heavy atom. The lowest BCUT2D eigenvalue weighted by molar-refractivity contribution is 0.325. The second-order valence-corrected chi connectivity index (χ2v) is 6.57. The first kappa shape index (κ1) is 14.6. The van der Waals surface area contributed by atoms with Crippen molar-refractivity contribution in [2.75, 3.05) is 18.1 Å².